The maximum atomic E-state index is 12.5. The highest BCUT2D eigenvalue weighted by molar-refractivity contribution is 7.88. The van der Waals surface area contributed by atoms with Gasteiger partial charge in [0.2, 0.25) is 0 Å². The van der Waals surface area contributed by atoms with Crippen LogP contribution in [-0.2, 0) is 10.1 Å². The second kappa shape index (κ2) is 5.92. The zero-order chi connectivity index (χ0) is 18.2. The molecule has 0 saturated carbocycles. The first kappa shape index (κ1) is 17.0. The van der Waals surface area contributed by atoms with Crippen LogP contribution in [0.4, 0.5) is 13.2 Å². The Hall–Kier alpha value is -2.81. The average Bonchev–Trinajstić information content (AvgIpc) is 2.54. The van der Waals surface area contributed by atoms with Crippen molar-refractivity contribution in [3.8, 4) is 17.1 Å². The van der Waals surface area contributed by atoms with Crippen LogP contribution in [0.1, 0.15) is 0 Å². The molecular weight excluding hydrogens is 361 g/mol. The monoisotopic (exact) mass is 370 g/mol. The van der Waals surface area contributed by atoms with Crippen molar-refractivity contribution >= 4 is 21.1 Å². The van der Waals surface area contributed by atoms with Gasteiger partial charge in [-0.05, 0) is 12.1 Å². The fourth-order valence-electron chi connectivity index (χ4n) is 2.16. The average molecular weight is 370 g/mol. The molecule has 0 bridgehead atoms. The molecule has 130 valence electrons. The van der Waals surface area contributed by atoms with Gasteiger partial charge in [0.25, 0.3) is 0 Å². The van der Waals surface area contributed by atoms with Crippen molar-refractivity contribution in [2.24, 2.45) is 0 Å². The van der Waals surface area contributed by atoms with Crippen LogP contribution in [0.25, 0.3) is 22.3 Å². The van der Waals surface area contributed by atoms with E-state index in [9.17, 15) is 26.4 Å². The van der Waals surface area contributed by atoms with Crippen molar-refractivity contribution in [1.29, 1.82) is 0 Å². The highest BCUT2D eigenvalue weighted by atomic mass is 32.2. The number of hydrogen-bond acceptors (Lipinski definition) is 5. The van der Waals surface area contributed by atoms with Crippen molar-refractivity contribution in [3.05, 3.63) is 64.8 Å². The first-order valence-corrected chi connectivity index (χ1v) is 8.23. The molecular formula is C16H9F3O5S. The summed E-state index contributed by atoms with van der Waals surface area (Å²) in [4.78, 5) is 12.3. The molecule has 0 atom stereocenters. The summed E-state index contributed by atoms with van der Waals surface area (Å²) >= 11 is 0. The Labute approximate surface area is 139 Å². The van der Waals surface area contributed by atoms with Crippen molar-refractivity contribution in [1.82, 2.24) is 0 Å². The Kier molecular flexibility index (Phi) is 4.03. The van der Waals surface area contributed by atoms with Crippen LogP contribution in [0.5, 0.6) is 5.75 Å². The molecule has 0 amide bonds. The molecule has 1 heterocycles. The lowest BCUT2D eigenvalue weighted by molar-refractivity contribution is -0.0499. The topological polar surface area (TPSA) is 73.6 Å². The van der Waals surface area contributed by atoms with Crippen LogP contribution in [0.15, 0.2) is 63.8 Å². The van der Waals surface area contributed by atoms with Crippen LogP contribution < -0.4 is 9.61 Å². The minimum atomic E-state index is -5.90. The molecule has 0 saturated heterocycles. The van der Waals surface area contributed by atoms with E-state index in [1.165, 1.54) is 12.1 Å². The minimum absolute atomic E-state index is 0.0961. The Morgan fingerprint density at radius 3 is 2.28 bits per heavy atom. The van der Waals surface area contributed by atoms with Crippen molar-refractivity contribution in [2.75, 3.05) is 0 Å². The first-order valence-electron chi connectivity index (χ1n) is 6.82. The SMILES string of the molecule is O=c1cc(-c2ccccc2)oc2cccc(OS(=O)(=O)C(F)(F)F)c12. The second-order valence-electron chi connectivity index (χ2n) is 4.95. The predicted molar refractivity (Wildman–Crippen MR) is 83.5 cm³/mol. The van der Waals surface area contributed by atoms with Gasteiger partial charge < -0.3 is 8.60 Å². The van der Waals surface area contributed by atoms with Crippen molar-refractivity contribution in [3.63, 3.8) is 0 Å². The van der Waals surface area contributed by atoms with Crippen LogP contribution >= 0.6 is 0 Å². The van der Waals surface area contributed by atoms with Crippen LogP contribution in [0, 0.1) is 0 Å². The lowest BCUT2D eigenvalue weighted by Crippen LogP contribution is -2.28. The molecule has 0 aliphatic heterocycles. The third-order valence-electron chi connectivity index (χ3n) is 3.26. The van der Waals surface area contributed by atoms with Gasteiger partial charge in [-0.1, -0.05) is 36.4 Å². The number of benzene rings is 2. The molecule has 3 rings (SSSR count). The number of halogens is 3. The molecule has 0 aliphatic carbocycles. The van der Waals surface area contributed by atoms with E-state index in [1.807, 2.05) is 0 Å². The van der Waals surface area contributed by atoms with Gasteiger partial charge in [-0.15, -0.1) is 0 Å². The molecule has 0 radical (unpaired) electrons. The van der Waals surface area contributed by atoms with Gasteiger partial charge in [0.05, 0.1) is 0 Å². The van der Waals surface area contributed by atoms with E-state index in [1.54, 1.807) is 30.3 Å². The van der Waals surface area contributed by atoms with Gasteiger partial charge in [0.1, 0.15) is 16.7 Å². The summed E-state index contributed by atoms with van der Waals surface area (Å²) in [6, 6.07) is 13.1. The molecule has 0 aliphatic rings. The Morgan fingerprint density at radius 1 is 0.960 bits per heavy atom. The summed E-state index contributed by atoms with van der Waals surface area (Å²) in [5.74, 6) is -0.558. The Balaban J connectivity index is 2.17. The summed E-state index contributed by atoms with van der Waals surface area (Å²) in [5.41, 5.74) is -5.86. The van der Waals surface area contributed by atoms with Crippen molar-refractivity contribution < 1.29 is 30.2 Å². The third-order valence-corrected chi connectivity index (χ3v) is 4.22. The van der Waals surface area contributed by atoms with Crippen LogP contribution in [0.2, 0.25) is 0 Å². The Bertz CT molecular complexity index is 1090. The van der Waals surface area contributed by atoms with Crippen LogP contribution in [-0.4, -0.2) is 13.9 Å². The molecule has 1 aromatic heterocycles. The zero-order valence-electron chi connectivity index (χ0n) is 12.3. The summed E-state index contributed by atoms with van der Waals surface area (Å²) < 4.78 is 69.4. The molecule has 3 aromatic rings. The standard InChI is InChI=1S/C16H9F3O5S/c17-16(18,19)25(21,22)24-13-8-4-7-12-15(13)11(20)9-14(23-12)10-5-2-1-3-6-10/h1-9H. The lowest BCUT2D eigenvalue weighted by atomic mass is 10.1. The smallest absolute Gasteiger partial charge is 0.456 e. The number of hydrogen-bond donors (Lipinski definition) is 0. The minimum Gasteiger partial charge on any atom is -0.456 e. The molecule has 0 spiro atoms. The van der Waals surface area contributed by atoms with Gasteiger partial charge >= 0.3 is 15.6 Å². The van der Waals surface area contributed by atoms with E-state index in [4.69, 9.17) is 4.42 Å². The summed E-state index contributed by atoms with van der Waals surface area (Å²) in [5, 5.41) is -0.394. The fourth-order valence-corrected chi connectivity index (χ4v) is 2.63. The maximum absolute atomic E-state index is 12.5. The van der Waals surface area contributed by atoms with Crippen LogP contribution in [0.3, 0.4) is 0 Å². The molecule has 5 nitrogen and oxygen atoms in total. The normalized spacial score (nSPS) is 12.3. The Morgan fingerprint density at radius 2 is 1.64 bits per heavy atom. The van der Waals surface area contributed by atoms with E-state index in [0.717, 1.165) is 12.1 Å². The second-order valence-corrected chi connectivity index (χ2v) is 6.49. The van der Waals surface area contributed by atoms with E-state index >= 15 is 0 Å². The number of fused-ring (bicyclic) bond motifs is 1. The highest BCUT2D eigenvalue weighted by Crippen LogP contribution is 2.31. The van der Waals surface area contributed by atoms with Gasteiger partial charge in [0, 0.05) is 11.6 Å². The van der Waals surface area contributed by atoms with Gasteiger partial charge in [-0.25, -0.2) is 0 Å². The molecule has 9 heteroatoms. The summed E-state index contributed by atoms with van der Waals surface area (Å²) in [7, 11) is -5.90. The molecule has 0 unspecified atom stereocenters. The maximum Gasteiger partial charge on any atom is 0.534 e. The van der Waals surface area contributed by atoms with E-state index < -0.39 is 32.2 Å². The number of alkyl halides is 3. The fraction of sp³-hybridized carbons (Fsp3) is 0.0625. The van der Waals surface area contributed by atoms with Gasteiger partial charge in [-0.3, -0.25) is 4.79 Å². The quantitative estimate of drug-likeness (QED) is 0.519. The molecule has 2 aromatic carbocycles. The van der Waals surface area contributed by atoms with E-state index in [-0.39, 0.29) is 11.3 Å². The van der Waals surface area contributed by atoms with Crippen molar-refractivity contribution in [2.45, 2.75) is 5.51 Å². The first-order chi connectivity index (χ1) is 11.7. The van der Waals surface area contributed by atoms with E-state index in [2.05, 4.69) is 4.18 Å². The van der Waals surface area contributed by atoms with Gasteiger partial charge in [-0.2, -0.15) is 21.6 Å². The largest absolute Gasteiger partial charge is 0.534 e. The zero-order valence-corrected chi connectivity index (χ0v) is 13.1. The van der Waals surface area contributed by atoms with Gasteiger partial charge in [0.15, 0.2) is 11.2 Å². The molecule has 0 fully saturated rings. The predicted octanol–water partition coefficient (Wildman–Crippen LogP) is 3.69. The third kappa shape index (κ3) is 3.22. The molecule has 25 heavy (non-hydrogen) atoms. The van der Waals surface area contributed by atoms with E-state index in [0.29, 0.717) is 5.56 Å². The summed E-state index contributed by atoms with van der Waals surface area (Å²) in [6.45, 7) is 0. The lowest BCUT2D eigenvalue weighted by Gasteiger charge is -2.11. The molecule has 0 N–H and O–H groups in total. The summed E-state index contributed by atoms with van der Waals surface area (Å²) in [6.07, 6.45) is 0. The highest BCUT2D eigenvalue weighted by Gasteiger charge is 2.48. The number of rotatable bonds is 3.